The molecule has 3 rings (SSSR count). The van der Waals surface area contributed by atoms with Crippen LogP contribution < -0.4 is 5.32 Å². The average molecular weight is 216 g/mol. The fourth-order valence-electron chi connectivity index (χ4n) is 2.56. The Morgan fingerprint density at radius 2 is 2.31 bits per heavy atom. The van der Waals surface area contributed by atoms with Crippen LogP contribution in [0.5, 0.6) is 0 Å². The van der Waals surface area contributed by atoms with Gasteiger partial charge in [0, 0.05) is 24.3 Å². The summed E-state index contributed by atoms with van der Waals surface area (Å²) in [6.07, 6.45) is 0. The molecule has 2 aromatic rings. The van der Waals surface area contributed by atoms with E-state index in [2.05, 4.69) is 41.1 Å². The molecule has 0 radical (unpaired) electrons. The Morgan fingerprint density at radius 3 is 3.12 bits per heavy atom. The van der Waals surface area contributed by atoms with Gasteiger partial charge in [-0.2, -0.15) is 0 Å². The van der Waals surface area contributed by atoms with E-state index in [9.17, 15) is 5.11 Å². The molecule has 1 aliphatic heterocycles. The Kier molecular flexibility index (Phi) is 2.23. The second kappa shape index (κ2) is 3.61. The van der Waals surface area contributed by atoms with Gasteiger partial charge in [-0.1, -0.05) is 12.1 Å². The lowest BCUT2D eigenvalue weighted by Crippen LogP contribution is -2.34. The predicted molar refractivity (Wildman–Crippen MR) is 64.5 cm³/mol. The maximum Gasteiger partial charge on any atom is 0.0695 e. The summed E-state index contributed by atoms with van der Waals surface area (Å²) in [6, 6.07) is 8.87. The number of aliphatic hydroxyl groups is 1. The molecule has 3 heteroatoms. The van der Waals surface area contributed by atoms with Gasteiger partial charge in [0.1, 0.15) is 0 Å². The van der Waals surface area contributed by atoms with Crippen molar-refractivity contribution in [2.45, 2.75) is 19.5 Å². The molecule has 0 spiro atoms. The highest BCUT2D eigenvalue weighted by atomic mass is 16.3. The summed E-state index contributed by atoms with van der Waals surface area (Å²) in [5, 5.41) is 14.0. The van der Waals surface area contributed by atoms with Crippen LogP contribution in [0.1, 0.15) is 17.3 Å². The normalized spacial score (nSPS) is 20.0. The van der Waals surface area contributed by atoms with Crippen LogP contribution in [0.4, 0.5) is 0 Å². The zero-order valence-electron chi connectivity index (χ0n) is 9.40. The minimum atomic E-state index is 0.169. The molecule has 1 aromatic carbocycles. The second-order valence-electron chi connectivity index (χ2n) is 4.54. The maximum atomic E-state index is 9.42. The third-order valence-electron chi connectivity index (χ3n) is 3.34. The van der Waals surface area contributed by atoms with Crippen LogP contribution in [-0.2, 0) is 6.54 Å². The molecule has 3 nitrogen and oxygen atoms in total. The first kappa shape index (κ1) is 9.87. The van der Waals surface area contributed by atoms with Crippen molar-refractivity contribution in [3.63, 3.8) is 0 Å². The highest BCUT2D eigenvalue weighted by molar-refractivity contribution is 5.82. The number of aryl methyl sites for hydroxylation is 1. The Labute approximate surface area is 94.7 Å². The number of aromatic nitrogens is 1. The maximum absolute atomic E-state index is 9.42. The molecule has 0 aliphatic carbocycles. The van der Waals surface area contributed by atoms with Crippen molar-refractivity contribution in [2.75, 3.05) is 13.2 Å². The van der Waals surface area contributed by atoms with E-state index < -0.39 is 0 Å². The predicted octanol–water partition coefficient (Wildman–Crippen LogP) is 1.59. The van der Waals surface area contributed by atoms with Crippen molar-refractivity contribution in [1.29, 1.82) is 0 Å². The van der Waals surface area contributed by atoms with Crippen molar-refractivity contribution in [3.05, 3.63) is 35.5 Å². The summed E-state index contributed by atoms with van der Waals surface area (Å²) in [5.41, 5.74) is 3.78. The number of nitrogens with zero attached hydrogens (tertiary/aromatic N) is 1. The quantitative estimate of drug-likeness (QED) is 0.759. The highest BCUT2D eigenvalue weighted by Gasteiger charge is 2.20. The molecule has 0 fully saturated rings. The van der Waals surface area contributed by atoms with Gasteiger partial charge in [-0.05, 0) is 30.0 Å². The number of nitrogens with one attached hydrogen (secondary N) is 1. The van der Waals surface area contributed by atoms with E-state index in [1.54, 1.807) is 0 Å². The second-order valence-corrected chi connectivity index (χ2v) is 4.54. The Balaban J connectivity index is 2.27. The molecule has 2 heterocycles. The largest absolute Gasteiger partial charge is 0.394 e. The van der Waals surface area contributed by atoms with Gasteiger partial charge in [-0.25, -0.2) is 0 Å². The summed E-state index contributed by atoms with van der Waals surface area (Å²) < 4.78 is 2.28. The molecular formula is C13H16N2O. The van der Waals surface area contributed by atoms with E-state index in [4.69, 9.17) is 0 Å². The number of hydrogen-bond acceptors (Lipinski definition) is 2. The average Bonchev–Trinajstić information content (AvgIpc) is 2.66. The molecule has 0 saturated carbocycles. The minimum Gasteiger partial charge on any atom is -0.394 e. The fraction of sp³-hybridized carbons (Fsp3) is 0.385. The van der Waals surface area contributed by atoms with E-state index in [1.165, 1.54) is 22.2 Å². The Hall–Kier alpha value is -1.32. The summed E-state index contributed by atoms with van der Waals surface area (Å²) >= 11 is 0. The van der Waals surface area contributed by atoms with Crippen LogP contribution in [0.15, 0.2) is 24.3 Å². The third kappa shape index (κ3) is 1.36. The molecule has 1 aromatic heterocycles. The van der Waals surface area contributed by atoms with Crippen molar-refractivity contribution < 1.29 is 5.11 Å². The van der Waals surface area contributed by atoms with Gasteiger partial charge in [0.05, 0.1) is 12.6 Å². The lowest BCUT2D eigenvalue weighted by molar-refractivity contribution is 0.215. The highest BCUT2D eigenvalue weighted by Crippen LogP contribution is 2.27. The fourth-order valence-corrected chi connectivity index (χ4v) is 2.56. The van der Waals surface area contributed by atoms with Crippen LogP contribution in [0.3, 0.4) is 0 Å². The van der Waals surface area contributed by atoms with E-state index in [1.807, 2.05) is 0 Å². The lowest BCUT2D eigenvalue weighted by Gasteiger charge is -2.26. The first-order valence-corrected chi connectivity index (χ1v) is 5.71. The zero-order chi connectivity index (χ0) is 11.1. The van der Waals surface area contributed by atoms with Crippen LogP contribution in [-0.4, -0.2) is 22.8 Å². The van der Waals surface area contributed by atoms with E-state index in [-0.39, 0.29) is 12.6 Å². The summed E-state index contributed by atoms with van der Waals surface area (Å²) in [7, 11) is 0. The van der Waals surface area contributed by atoms with Crippen LogP contribution in [0, 0.1) is 6.92 Å². The van der Waals surface area contributed by atoms with Gasteiger partial charge in [-0.3, -0.25) is 0 Å². The third-order valence-corrected chi connectivity index (χ3v) is 3.34. The summed E-state index contributed by atoms with van der Waals surface area (Å²) in [6.45, 7) is 4.04. The van der Waals surface area contributed by atoms with Crippen molar-refractivity contribution in [1.82, 2.24) is 9.88 Å². The molecule has 84 valence electrons. The van der Waals surface area contributed by atoms with Crippen molar-refractivity contribution in [2.24, 2.45) is 0 Å². The minimum absolute atomic E-state index is 0.169. The summed E-state index contributed by atoms with van der Waals surface area (Å²) in [5.74, 6) is 0. The molecule has 0 saturated heterocycles. The van der Waals surface area contributed by atoms with Gasteiger partial charge in [-0.15, -0.1) is 0 Å². The number of aliphatic hydroxyl groups excluding tert-OH is 1. The first-order valence-electron chi connectivity index (χ1n) is 5.71. The molecule has 16 heavy (non-hydrogen) atoms. The van der Waals surface area contributed by atoms with E-state index >= 15 is 0 Å². The summed E-state index contributed by atoms with van der Waals surface area (Å²) in [4.78, 5) is 0. The zero-order valence-corrected chi connectivity index (χ0v) is 9.40. The number of fused-ring (bicyclic) bond motifs is 3. The van der Waals surface area contributed by atoms with E-state index in [0.29, 0.717) is 0 Å². The monoisotopic (exact) mass is 216 g/mol. The van der Waals surface area contributed by atoms with E-state index in [0.717, 1.165) is 13.1 Å². The standard InChI is InChI=1S/C13H16N2O/c1-9-2-3-10-5-11-6-14-7-12(8-16)15(11)13(10)4-9/h2-5,12,14,16H,6-8H2,1H3/t12-/m0/s1. The molecule has 2 N–H and O–H groups in total. The van der Waals surface area contributed by atoms with Gasteiger partial charge in [0.15, 0.2) is 0 Å². The van der Waals surface area contributed by atoms with Gasteiger partial charge in [0.2, 0.25) is 0 Å². The lowest BCUT2D eigenvalue weighted by atomic mass is 10.2. The Bertz CT molecular complexity index is 530. The van der Waals surface area contributed by atoms with Crippen LogP contribution >= 0.6 is 0 Å². The van der Waals surface area contributed by atoms with Crippen molar-refractivity contribution >= 4 is 10.9 Å². The van der Waals surface area contributed by atoms with Gasteiger partial charge in [0.25, 0.3) is 0 Å². The molecular weight excluding hydrogens is 200 g/mol. The number of benzene rings is 1. The van der Waals surface area contributed by atoms with Gasteiger partial charge < -0.3 is 15.0 Å². The van der Waals surface area contributed by atoms with Crippen LogP contribution in [0.25, 0.3) is 10.9 Å². The SMILES string of the molecule is Cc1ccc2cc3n(c2c1)[C@H](CO)CNC3. The van der Waals surface area contributed by atoms with Crippen LogP contribution in [0.2, 0.25) is 0 Å². The topological polar surface area (TPSA) is 37.2 Å². The number of rotatable bonds is 1. The molecule has 1 atom stereocenters. The molecule has 1 aliphatic rings. The Morgan fingerprint density at radius 1 is 1.44 bits per heavy atom. The smallest absolute Gasteiger partial charge is 0.0695 e. The van der Waals surface area contributed by atoms with Crippen molar-refractivity contribution in [3.8, 4) is 0 Å². The molecule has 0 amide bonds. The number of hydrogen-bond donors (Lipinski definition) is 2. The van der Waals surface area contributed by atoms with Gasteiger partial charge >= 0.3 is 0 Å². The first-order chi connectivity index (χ1) is 7.79. The molecule has 0 bridgehead atoms. The molecule has 0 unspecified atom stereocenters.